The summed E-state index contributed by atoms with van der Waals surface area (Å²) in [5.74, 6) is 6.51. The molecule has 1 aromatic heterocycles. The Balaban J connectivity index is 1.54. The fourth-order valence-corrected chi connectivity index (χ4v) is 2.92. The van der Waals surface area contributed by atoms with Gasteiger partial charge in [-0.2, -0.15) is 0 Å². The molecule has 0 amide bonds. The van der Waals surface area contributed by atoms with Gasteiger partial charge in [0.1, 0.15) is 0 Å². The molecule has 0 unspecified atom stereocenters. The number of rotatable bonds is 6. The van der Waals surface area contributed by atoms with Gasteiger partial charge in [-0.1, -0.05) is 54.7 Å². The van der Waals surface area contributed by atoms with Crippen LogP contribution in [0.15, 0.2) is 60.8 Å². The number of fused-ring (bicyclic) bond motifs is 1. The highest BCUT2D eigenvalue weighted by molar-refractivity contribution is 5.98. The topological polar surface area (TPSA) is 30.0 Å². The largest absolute Gasteiger partial charge is 0.298 e. The van der Waals surface area contributed by atoms with Gasteiger partial charge in [0.2, 0.25) is 0 Å². The summed E-state index contributed by atoms with van der Waals surface area (Å²) in [5.41, 5.74) is 3.69. The second-order valence-corrected chi connectivity index (χ2v) is 6.07. The molecule has 1 heterocycles. The monoisotopic (exact) mass is 327 g/mol. The fraction of sp³-hybridized carbons (Fsp3) is 0.217. The molecule has 0 N–H and O–H groups in total. The molecule has 0 aliphatic rings. The Morgan fingerprint density at radius 3 is 2.64 bits per heavy atom. The van der Waals surface area contributed by atoms with E-state index in [1.807, 2.05) is 18.2 Å². The van der Waals surface area contributed by atoms with E-state index in [4.69, 9.17) is 0 Å². The number of carbonyl (C=O) groups excluding carboxylic acids is 1. The quantitative estimate of drug-likeness (QED) is 0.354. The number of carbonyl (C=O) groups is 1. The summed E-state index contributed by atoms with van der Waals surface area (Å²) < 4.78 is 0. The van der Waals surface area contributed by atoms with Gasteiger partial charge in [-0.15, -0.1) is 0 Å². The molecule has 0 aliphatic heterocycles. The zero-order valence-electron chi connectivity index (χ0n) is 14.2. The molecule has 0 saturated carbocycles. The lowest BCUT2D eigenvalue weighted by Crippen LogP contribution is -1.89. The summed E-state index contributed by atoms with van der Waals surface area (Å²) >= 11 is 0. The molecule has 2 aromatic carbocycles. The van der Waals surface area contributed by atoms with E-state index in [-0.39, 0.29) is 0 Å². The highest BCUT2D eigenvalue weighted by Crippen LogP contribution is 2.19. The Hall–Kier alpha value is -2.92. The molecule has 2 nitrogen and oxygen atoms in total. The molecule has 3 aromatic rings. The van der Waals surface area contributed by atoms with Crippen LogP contribution < -0.4 is 0 Å². The lowest BCUT2D eigenvalue weighted by molar-refractivity contribution is 0.112. The van der Waals surface area contributed by atoms with Crippen LogP contribution in [0.5, 0.6) is 0 Å². The SMILES string of the molecule is O=Cc1ccc(C#CCCCCCc2ccccc2)c2cccnc12. The van der Waals surface area contributed by atoms with Gasteiger partial charge in [0.05, 0.1) is 5.52 Å². The van der Waals surface area contributed by atoms with Crippen molar-refractivity contribution >= 4 is 17.2 Å². The van der Waals surface area contributed by atoms with E-state index in [0.29, 0.717) is 5.56 Å². The number of unbranched alkanes of at least 4 members (excludes halogenated alkanes) is 3. The van der Waals surface area contributed by atoms with E-state index in [0.717, 1.165) is 42.0 Å². The zero-order valence-corrected chi connectivity index (χ0v) is 14.2. The van der Waals surface area contributed by atoms with E-state index in [9.17, 15) is 4.79 Å². The van der Waals surface area contributed by atoms with E-state index >= 15 is 0 Å². The standard InChI is InChI=1S/C23H21NO/c25-18-21-16-15-20(22-14-9-17-24-23(21)22)13-8-3-1-2-5-10-19-11-6-4-7-12-19/h4,6-7,9,11-12,14-18H,1-3,5,10H2. The number of pyridine rings is 1. The maximum atomic E-state index is 11.1. The normalized spacial score (nSPS) is 10.2. The summed E-state index contributed by atoms with van der Waals surface area (Å²) in [7, 11) is 0. The minimum Gasteiger partial charge on any atom is -0.298 e. The van der Waals surface area contributed by atoms with Crippen LogP contribution in [0, 0.1) is 11.8 Å². The van der Waals surface area contributed by atoms with Gasteiger partial charge in [0, 0.05) is 29.1 Å². The molecule has 2 heteroatoms. The first-order valence-corrected chi connectivity index (χ1v) is 8.74. The Morgan fingerprint density at radius 1 is 0.920 bits per heavy atom. The molecule has 0 atom stereocenters. The van der Waals surface area contributed by atoms with Crippen molar-refractivity contribution in [2.45, 2.75) is 32.1 Å². The molecule has 25 heavy (non-hydrogen) atoms. The lowest BCUT2D eigenvalue weighted by Gasteiger charge is -2.02. The van der Waals surface area contributed by atoms with Crippen molar-refractivity contribution in [1.82, 2.24) is 4.98 Å². The summed E-state index contributed by atoms with van der Waals surface area (Å²) in [5, 5.41) is 0.948. The van der Waals surface area contributed by atoms with Crippen LogP contribution in [-0.4, -0.2) is 11.3 Å². The zero-order chi connectivity index (χ0) is 17.3. The Kier molecular flexibility index (Phi) is 5.96. The summed E-state index contributed by atoms with van der Waals surface area (Å²) in [6.45, 7) is 0. The third-order valence-electron chi connectivity index (χ3n) is 4.26. The number of aromatic nitrogens is 1. The van der Waals surface area contributed by atoms with Crippen LogP contribution in [0.25, 0.3) is 10.9 Å². The van der Waals surface area contributed by atoms with Crippen LogP contribution in [0.3, 0.4) is 0 Å². The van der Waals surface area contributed by atoms with Gasteiger partial charge < -0.3 is 0 Å². The number of aldehydes is 1. The first-order chi connectivity index (χ1) is 12.4. The van der Waals surface area contributed by atoms with Crippen LogP contribution in [-0.2, 0) is 6.42 Å². The van der Waals surface area contributed by atoms with Gasteiger partial charge in [-0.25, -0.2) is 0 Å². The van der Waals surface area contributed by atoms with Gasteiger partial charge >= 0.3 is 0 Å². The predicted molar refractivity (Wildman–Crippen MR) is 103 cm³/mol. The van der Waals surface area contributed by atoms with Crippen LogP contribution >= 0.6 is 0 Å². The van der Waals surface area contributed by atoms with E-state index in [1.165, 1.54) is 18.4 Å². The van der Waals surface area contributed by atoms with Crippen molar-refractivity contribution in [2.75, 3.05) is 0 Å². The van der Waals surface area contributed by atoms with Crippen molar-refractivity contribution in [3.05, 3.63) is 77.5 Å². The summed E-state index contributed by atoms with van der Waals surface area (Å²) in [4.78, 5) is 15.4. The maximum absolute atomic E-state index is 11.1. The van der Waals surface area contributed by atoms with Gasteiger partial charge in [-0.3, -0.25) is 9.78 Å². The maximum Gasteiger partial charge on any atom is 0.152 e. The minimum atomic E-state index is 0.613. The van der Waals surface area contributed by atoms with Crippen LogP contribution in [0.1, 0.15) is 47.2 Å². The molecule has 124 valence electrons. The minimum absolute atomic E-state index is 0.613. The molecule has 0 spiro atoms. The van der Waals surface area contributed by atoms with E-state index in [1.54, 1.807) is 12.3 Å². The highest BCUT2D eigenvalue weighted by Gasteiger charge is 2.04. The molecule has 0 aliphatic carbocycles. The Labute approximate surface area is 148 Å². The first-order valence-electron chi connectivity index (χ1n) is 8.74. The van der Waals surface area contributed by atoms with E-state index in [2.05, 4.69) is 47.2 Å². The third kappa shape index (κ3) is 4.55. The van der Waals surface area contributed by atoms with Gasteiger partial charge in [-0.05, 0) is 43.0 Å². The van der Waals surface area contributed by atoms with Crippen molar-refractivity contribution < 1.29 is 4.79 Å². The smallest absolute Gasteiger partial charge is 0.152 e. The van der Waals surface area contributed by atoms with Crippen molar-refractivity contribution in [3.8, 4) is 11.8 Å². The van der Waals surface area contributed by atoms with E-state index < -0.39 is 0 Å². The average molecular weight is 327 g/mol. The van der Waals surface area contributed by atoms with Gasteiger partial charge in [0.25, 0.3) is 0 Å². The van der Waals surface area contributed by atoms with Crippen molar-refractivity contribution in [3.63, 3.8) is 0 Å². The second-order valence-electron chi connectivity index (χ2n) is 6.07. The number of nitrogens with zero attached hydrogens (tertiary/aromatic N) is 1. The third-order valence-corrected chi connectivity index (χ3v) is 4.26. The molecule has 0 saturated heterocycles. The number of benzene rings is 2. The van der Waals surface area contributed by atoms with Gasteiger partial charge in [0.15, 0.2) is 6.29 Å². The van der Waals surface area contributed by atoms with Crippen molar-refractivity contribution in [1.29, 1.82) is 0 Å². The number of hydrogen-bond donors (Lipinski definition) is 0. The molecule has 3 rings (SSSR count). The Bertz CT molecular complexity index is 904. The Morgan fingerprint density at radius 2 is 1.80 bits per heavy atom. The molecule has 0 radical (unpaired) electrons. The lowest BCUT2D eigenvalue weighted by atomic mass is 10.0. The highest BCUT2D eigenvalue weighted by atomic mass is 16.1. The van der Waals surface area contributed by atoms with Crippen LogP contribution in [0.4, 0.5) is 0 Å². The average Bonchev–Trinajstić information content (AvgIpc) is 2.68. The summed E-state index contributed by atoms with van der Waals surface area (Å²) in [6.07, 6.45) is 8.09. The molecule has 0 bridgehead atoms. The molecular formula is C23H21NO. The molecular weight excluding hydrogens is 306 g/mol. The summed E-state index contributed by atoms with van der Waals surface area (Å²) in [6, 6.07) is 18.2. The first kappa shape index (κ1) is 16.9. The van der Waals surface area contributed by atoms with Crippen molar-refractivity contribution in [2.24, 2.45) is 0 Å². The number of aryl methyl sites for hydroxylation is 1. The fourth-order valence-electron chi connectivity index (χ4n) is 2.92. The number of hydrogen-bond acceptors (Lipinski definition) is 2. The predicted octanol–water partition coefficient (Wildman–Crippen LogP) is 5.20. The molecule has 0 fully saturated rings. The second kappa shape index (κ2) is 8.80. The van der Waals surface area contributed by atoms with Crippen LogP contribution in [0.2, 0.25) is 0 Å².